The van der Waals surface area contributed by atoms with Gasteiger partial charge in [-0.05, 0) is 57.1 Å². The van der Waals surface area contributed by atoms with Crippen LogP contribution in [0.2, 0.25) is 0 Å². The Morgan fingerprint density at radius 2 is 1.73 bits per heavy atom. The van der Waals surface area contributed by atoms with Crippen LogP contribution in [0.25, 0.3) is 0 Å². The lowest BCUT2D eigenvalue weighted by Crippen LogP contribution is -2.49. The Kier molecular flexibility index (Phi) is 6.88. The van der Waals surface area contributed by atoms with Crippen molar-refractivity contribution in [1.29, 1.82) is 0 Å². The Balaban J connectivity index is 1.32. The molecule has 0 spiro atoms. The number of allylic oxidation sites excluding steroid dienone is 2. The number of benzene rings is 1. The molecule has 2 atom stereocenters. The van der Waals surface area contributed by atoms with Crippen molar-refractivity contribution in [3.05, 3.63) is 47.7 Å². The fourth-order valence-electron chi connectivity index (χ4n) is 5.29. The van der Waals surface area contributed by atoms with E-state index in [2.05, 4.69) is 30.2 Å². The molecule has 5 heteroatoms. The van der Waals surface area contributed by atoms with E-state index in [-0.39, 0.29) is 17.9 Å². The quantitative estimate of drug-likeness (QED) is 0.739. The number of piperazine rings is 1. The van der Waals surface area contributed by atoms with Gasteiger partial charge in [-0.3, -0.25) is 9.59 Å². The number of carbonyl (C=O) groups is 2. The van der Waals surface area contributed by atoms with Gasteiger partial charge in [0.25, 0.3) is 0 Å². The van der Waals surface area contributed by atoms with Crippen LogP contribution in [0.3, 0.4) is 0 Å². The van der Waals surface area contributed by atoms with E-state index >= 15 is 0 Å². The Morgan fingerprint density at radius 3 is 2.57 bits per heavy atom. The second-order valence-electron chi connectivity index (χ2n) is 9.07. The lowest BCUT2D eigenvalue weighted by Gasteiger charge is -2.40. The van der Waals surface area contributed by atoms with Crippen LogP contribution in [0.1, 0.15) is 63.0 Å². The van der Waals surface area contributed by atoms with E-state index in [9.17, 15) is 9.59 Å². The smallest absolute Gasteiger partial charge is 0.226 e. The standard InChI is InChI=1S/C25H35N3O2/c1-26-17-18-28(23(19-26)21-9-3-2-4-10-21)25(30)15-7-14-24(29)27-16-8-12-20-11-5-6-13-22(20)27/h2-4,9-10,13,20,23H,5-8,11-12,14-19H2,1H3. The maximum Gasteiger partial charge on any atom is 0.226 e. The third-order valence-corrected chi connectivity index (χ3v) is 6.94. The van der Waals surface area contributed by atoms with Crippen LogP contribution in [-0.2, 0) is 9.59 Å². The Bertz CT molecular complexity index is 776. The number of fused-ring (bicyclic) bond motifs is 1. The second kappa shape index (κ2) is 9.78. The van der Waals surface area contributed by atoms with Gasteiger partial charge in [-0.15, -0.1) is 0 Å². The molecule has 162 valence electrons. The van der Waals surface area contributed by atoms with Gasteiger partial charge in [0.15, 0.2) is 0 Å². The molecule has 1 aliphatic carbocycles. The first-order valence-corrected chi connectivity index (χ1v) is 11.7. The number of rotatable bonds is 5. The molecule has 2 amide bonds. The molecular weight excluding hydrogens is 374 g/mol. The van der Waals surface area contributed by atoms with Crippen LogP contribution in [-0.4, -0.2) is 59.7 Å². The topological polar surface area (TPSA) is 43.9 Å². The molecule has 2 heterocycles. The first kappa shape index (κ1) is 21.1. The van der Waals surface area contributed by atoms with Gasteiger partial charge < -0.3 is 14.7 Å². The Morgan fingerprint density at radius 1 is 0.967 bits per heavy atom. The summed E-state index contributed by atoms with van der Waals surface area (Å²) in [4.78, 5) is 32.3. The molecule has 2 fully saturated rings. The highest BCUT2D eigenvalue weighted by molar-refractivity contribution is 5.80. The Labute approximate surface area is 180 Å². The van der Waals surface area contributed by atoms with E-state index in [4.69, 9.17) is 0 Å². The van der Waals surface area contributed by atoms with Crippen molar-refractivity contribution in [1.82, 2.24) is 14.7 Å². The van der Waals surface area contributed by atoms with Gasteiger partial charge in [0.05, 0.1) is 6.04 Å². The molecular formula is C25H35N3O2. The number of amides is 2. The van der Waals surface area contributed by atoms with Gasteiger partial charge in [0, 0.05) is 44.7 Å². The summed E-state index contributed by atoms with van der Waals surface area (Å²) in [6.45, 7) is 3.36. The number of hydrogen-bond donors (Lipinski definition) is 0. The van der Waals surface area contributed by atoms with Crippen LogP contribution in [0.5, 0.6) is 0 Å². The summed E-state index contributed by atoms with van der Waals surface area (Å²) in [7, 11) is 2.11. The SMILES string of the molecule is CN1CCN(C(=O)CCCC(=O)N2CCCC3CCCC=C32)C(c2ccccc2)C1. The highest BCUT2D eigenvalue weighted by Gasteiger charge is 2.32. The fourth-order valence-corrected chi connectivity index (χ4v) is 5.29. The molecule has 2 unspecified atom stereocenters. The fraction of sp³-hybridized carbons (Fsp3) is 0.600. The number of likely N-dealkylation sites (N-methyl/N-ethyl adjacent to an activating group) is 1. The molecule has 0 N–H and O–H groups in total. The second-order valence-corrected chi connectivity index (χ2v) is 9.07. The summed E-state index contributed by atoms with van der Waals surface area (Å²) in [6.07, 6.45) is 9.74. The van der Waals surface area contributed by atoms with Crippen molar-refractivity contribution < 1.29 is 9.59 Å². The predicted octanol–water partition coefficient (Wildman–Crippen LogP) is 3.98. The molecule has 0 saturated carbocycles. The maximum absolute atomic E-state index is 13.0. The first-order valence-electron chi connectivity index (χ1n) is 11.7. The normalized spacial score (nSPS) is 24.9. The molecule has 2 aliphatic heterocycles. The lowest BCUT2D eigenvalue weighted by atomic mass is 9.85. The molecule has 0 aromatic heterocycles. The van der Waals surface area contributed by atoms with E-state index in [1.165, 1.54) is 30.5 Å². The first-order chi connectivity index (χ1) is 14.6. The lowest BCUT2D eigenvalue weighted by molar-refractivity contribution is -0.136. The van der Waals surface area contributed by atoms with Gasteiger partial charge in [0.1, 0.15) is 0 Å². The molecule has 3 aliphatic rings. The number of hydrogen-bond acceptors (Lipinski definition) is 3. The van der Waals surface area contributed by atoms with Gasteiger partial charge in [-0.25, -0.2) is 0 Å². The average molecular weight is 410 g/mol. The number of likely N-dealkylation sites (tertiary alicyclic amines) is 1. The van der Waals surface area contributed by atoms with E-state index in [0.29, 0.717) is 25.2 Å². The van der Waals surface area contributed by atoms with Crippen LogP contribution in [0.15, 0.2) is 42.1 Å². The highest BCUT2D eigenvalue weighted by atomic mass is 16.2. The summed E-state index contributed by atoms with van der Waals surface area (Å²) in [6, 6.07) is 10.4. The Hall–Kier alpha value is -2.14. The monoisotopic (exact) mass is 409 g/mol. The molecule has 1 aromatic carbocycles. The zero-order valence-corrected chi connectivity index (χ0v) is 18.3. The van der Waals surface area contributed by atoms with Crippen LogP contribution in [0, 0.1) is 5.92 Å². The molecule has 4 rings (SSSR count). The predicted molar refractivity (Wildman–Crippen MR) is 119 cm³/mol. The number of nitrogens with zero attached hydrogens (tertiary/aromatic N) is 3. The van der Waals surface area contributed by atoms with E-state index < -0.39 is 0 Å². The molecule has 30 heavy (non-hydrogen) atoms. The van der Waals surface area contributed by atoms with E-state index in [1.54, 1.807) is 0 Å². The summed E-state index contributed by atoms with van der Waals surface area (Å²) in [5, 5.41) is 0. The molecule has 0 bridgehead atoms. The third kappa shape index (κ3) is 4.77. The highest BCUT2D eigenvalue weighted by Crippen LogP contribution is 2.35. The summed E-state index contributed by atoms with van der Waals surface area (Å²) >= 11 is 0. The van der Waals surface area contributed by atoms with Gasteiger partial charge >= 0.3 is 0 Å². The average Bonchev–Trinajstić information content (AvgIpc) is 2.79. The molecule has 0 radical (unpaired) electrons. The van der Waals surface area contributed by atoms with Crippen LogP contribution in [0.4, 0.5) is 0 Å². The molecule has 5 nitrogen and oxygen atoms in total. The molecule has 2 saturated heterocycles. The van der Waals surface area contributed by atoms with Crippen molar-refractivity contribution in [2.24, 2.45) is 5.92 Å². The minimum absolute atomic E-state index is 0.100. The van der Waals surface area contributed by atoms with Crippen molar-refractivity contribution >= 4 is 11.8 Å². The van der Waals surface area contributed by atoms with Crippen molar-refractivity contribution in [2.45, 2.75) is 57.4 Å². The van der Waals surface area contributed by atoms with Crippen molar-refractivity contribution in [3.63, 3.8) is 0 Å². The van der Waals surface area contributed by atoms with E-state index in [0.717, 1.165) is 39.0 Å². The minimum Gasteiger partial charge on any atom is -0.333 e. The number of piperidine rings is 1. The molecule has 1 aromatic rings. The summed E-state index contributed by atoms with van der Waals surface area (Å²) in [5.74, 6) is 0.965. The van der Waals surface area contributed by atoms with Crippen molar-refractivity contribution in [2.75, 3.05) is 33.2 Å². The van der Waals surface area contributed by atoms with Gasteiger partial charge in [-0.1, -0.05) is 36.4 Å². The van der Waals surface area contributed by atoms with Gasteiger partial charge in [0.2, 0.25) is 11.8 Å². The number of carbonyl (C=O) groups excluding carboxylic acids is 2. The van der Waals surface area contributed by atoms with Crippen LogP contribution >= 0.6 is 0 Å². The van der Waals surface area contributed by atoms with Gasteiger partial charge in [-0.2, -0.15) is 0 Å². The van der Waals surface area contributed by atoms with E-state index in [1.807, 2.05) is 28.0 Å². The van der Waals surface area contributed by atoms with Crippen molar-refractivity contribution in [3.8, 4) is 0 Å². The zero-order valence-electron chi connectivity index (χ0n) is 18.3. The van der Waals surface area contributed by atoms with Crippen LogP contribution < -0.4 is 0 Å². The minimum atomic E-state index is 0.100. The largest absolute Gasteiger partial charge is 0.333 e. The third-order valence-electron chi connectivity index (χ3n) is 6.94. The summed E-state index contributed by atoms with van der Waals surface area (Å²) in [5.41, 5.74) is 2.46. The zero-order chi connectivity index (χ0) is 20.9. The summed E-state index contributed by atoms with van der Waals surface area (Å²) < 4.78 is 0. The maximum atomic E-state index is 13.0.